The second-order valence-corrected chi connectivity index (χ2v) is 12.6. The van der Waals surface area contributed by atoms with E-state index >= 15 is 4.39 Å². The maximum atomic E-state index is 15.8. The molecule has 1 N–H and O–H groups in total. The molecule has 2 aliphatic heterocycles. The molecule has 1 amide bonds. The van der Waals surface area contributed by atoms with E-state index in [0.29, 0.717) is 16.1 Å². The molecule has 3 aromatic rings. The second-order valence-electron chi connectivity index (χ2n) is 10.3. The van der Waals surface area contributed by atoms with E-state index in [0.717, 1.165) is 7.05 Å². The minimum Gasteiger partial charge on any atom is -0.481 e. The molecule has 0 saturated carbocycles. The molecule has 9 nitrogen and oxygen atoms in total. The maximum absolute atomic E-state index is 15.8. The Morgan fingerprint density at radius 3 is 2.37 bits per heavy atom. The van der Waals surface area contributed by atoms with E-state index in [4.69, 9.17) is 9.47 Å². The molecular weight excluding hydrogens is 568 g/mol. The summed E-state index contributed by atoms with van der Waals surface area (Å²) in [7, 11) is -0.771. The molecule has 1 aromatic carbocycles. The Morgan fingerprint density at radius 1 is 1.15 bits per heavy atom. The van der Waals surface area contributed by atoms with Crippen LogP contribution in [0.4, 0.5) is 28.9 Å². The maximum Gasteiger partial charge on any atom is 0.413 e. The van der Waals surface area contributed by atoms with Crippen molar-refractivity contribution in [2.75, 3.05) is 44.2 Å². The first-order valence-corrected chi connectivity index (χ1v) is 14.7. The summed E-state index contributed by atoms with van der Waals surface area (Å²) in [6, 6.07) is 6.28. The van der Waals surface area contributed by atoms with Gasteiger partial charge in [0.2, 0.25) is 11.8 Å². The van der Waals surface area contributed by atoms with Crippen LogP contribution in [0.5, 0.6) is 5.88 Å². The second kappa shape index (κ2) is 10.7. The zero-order chi connectivity index (χ0) is 29.6. The van der Waals surface area contributed by atoms with Crippen LogP contribution >= 0.6 is 0 Å². The predicted octanol–water partition coefficient (Wildman–Crippen LogP) is 4.46. The van der Waals surface area contributed by atoms with Crippen molar-refractivity contribution in [3.8, 4) is 5.88 Å². The van der Waals surface area contributed by atoms with E-state index in [1.165, 1.54) is 37.6 Å². The highest BCUT2D eigenvalue weighted by Gasteiger charge is 2.47. The smallest absolute Gasteiger partial charge is 0.413 e. The van der Waals surface area contributed by atoms with Crippen molar-refractivity contribution < 1.29 is 40.2 Å². The van der Waals surface area contributed by atoms with Crippen LogP contribution in [0, 0.1) is 5.92 Å². The van der Waals surface area contributed by atoms with E-state index in [9.17, 15) is 26.4 Å². The normalized spacial score (nSPS) is 19.3. The number of anilines is 2. The summed E-state index contributed by atoms with van der Waals surface area (Å²) in [6.07, 6.45) is -3.38. The van der Waals surface area contributed by atoms with Crippen molar-refractivity contribution in [1.82, 2.24) is 14.9 Å². The highest BCUT2D eigenvalue weighted by Crippen LogP contribution is 2.43. The van der Waals surface area contributed by atoms with Gasteiger partial charge < -0.3 is 19.7 Å². The number of halogens is 4. The van der Waals surface area contributed by atoms with Gasteiger partial charge in [-0.25, -0.2) is 17.8 Å². The molecule has 220 valence electrons. The van der Waals surface area contributed by atoms with Crippen molar-refractivity contribution in [2.24, 2.45) is 5.92 Å². The summed E-state index contributed by atoms with van der Waals surface area (Å²) in [4.78, 5) is 22.3. The van der Waals surface area contributed by atoms with Gasteiger partial charge in [-0.3, -0.25) is 9.78 Å². The summed E-state index contributed by atoms with van der Waals surface area (Å²) in [5.41, 5.74) is -0.513. The summed E-state index contributed by atoms with van der Waals surface area (Å²) in [5.74, 6) is -1.75. The number of hydrogen-bond donors (Lipinski definition) is 1. The molecule has 0 bridgehead atoms. The summed E-state index contributed by atoms with van der Waals surface area (Å²) in [5, 5.41) is 3.04. The molecule has 1 atom stereocenters. The lowest BCUT2D eigenvalue weighted by atomic mass is 9.91. The molecule has 2 aromatic heterocycles. The summed E-state index contributed by atoms with van der Waals surface area (Å²) in [6.45, 7) is -0.391. The number of fused-ring (bicyclic) bond motifs is 1. The Kier molecular flexibility index (Phi) is 7.57. The molecule has 2 aliphatic rings. The number of methoxy groups -OCH3 is 1. The molecular formula is C27H28F4N4O5S. The fourth-order valence-corrected chi connectivity index (χ4v) is 6.72. The SMILES string of the molecule is COc1ccc2ncc(Nc3ccc([C@H](N(C)C(=O)C4CCS(=O)(=O)CC4)C(F)(F)F)cc3)c(C3(F)COC3)c2n1. The van der Waals surface area contributed by atoms with Crippen molar-refractivity contribution in [2.45, 2.75) is 30.7 Å². The third kappa shape index (κ3) is 5.80. The van der Waals surface area contributed by atoms with Crippen LogP contribution in [0.2, 0.25) is 0 Å². The van der Waals surface area contributed by atoms with Crippen molar-refractivity contribution in [3.05, 3.63) is 53.7 Å². The number of sulfone groups is 1. The first-order valence-electron chi connectivity index (χ1n) is 12.8. The molecule has 0 aliphatic carbocycles. The largest absolute Gasteiger partial charge is 0.481 e. The highest BCUT2D eigenvalue weighted by molar-refractivity contribution is 7.91. The molecule has 41 heavy (non-hydrogen) atoms. The van der Waals surface area contributed by atoms with Gasteiger partial charge >= 0.3 is 6.18 Å². The quantitative estimate of drug-likeness (QED) is 0.398. The van der Waals surface area contributed by atoms with Gasteiger partial charge in [0.15, 0.2) is 11.7 Å². The number of ether oxygens (including phenoxy) is 2. The zero-order valence-corrected chi connectivity index (χ0v) is 23.1. The summed E-state index contributed by atoms with van der Waals surface area (Å²) < 4.78 is 92.1. The first kappa shape index (κ1) is 29.0. The van der Waals surface area contributed by atoms with Crippen LogP contribution in [0.3, 0.4) is 0 Å². The lowest BCUT2D eigenvalue weighted by molar-refractivity contribution is -0.190. The Balaban J connectivity index is 1.42. The third-order valence-corrected chi connectivity index (χ3v) is 9.18. The number of pyridine rings is 2. The Hall–Kier alpha value is -3.52. The first-order chi connectivity index (χ1) is 19.3. The van der Waals surface area contributed by atoms with Crippen LogP contribution < -0.4 is 10.1 Å². The minimum absolute atomic E-state index is 0.0110. The Labute approximate surface area is 233 Å². The van der Waals surface area contributed by atoms with E-state index in [1.807, 2.05) is 0 Å². The zero-order valence-electron chi connectivity index (χ0n) is 22.2. The molecule has 0 unspecified atom stereocenters. The number of amides is 1. The van der Waals surface area contributed by atoms with E-state index < -0.39 is 39.5 Å². The third-order valence-electron chi connectivity index (χ3n) is 7.46. The fraction of sp³-hybridized carbons (Fsp3) is 0.444. The van der Waals surface area contributed by atoms with Gasteiger partial charge in [0.25, 0.3) is 0 Å². The van der Waals surface area contributed by atoms with Crippen molar-refractivity contribution in [1.29, 1.82) is 0 Å². The number of carbonyl (C=O) groups excluding carboxylic acids is 1. The standard InChI is InChI=1S/C27H28F4N4O5S/c1-35(25(36)17-9-11-41(37,38)12-10-17)24(27(29,30)31)16-3-5-18(6-4-16)33-20-13-32-19-7-8-21(39-2)34-23(19)22(20)26(28)14-40-15-26/h3-8,13,17,24,33H,9-12,14-15H2,1-2H3/t24-/m0/s1. The number of alkyl halides is 4. The van der Waals surface area contributed by atoms with Gasteiger partial charge in [-0.1, -0.05) is 12.1 Å². The number of benzene rings is 1. The van der Waals surface area contributed by atoms with Crippen molar-refractivity contribution in [3.63, 3.8) is 0 Å². The van der Waals surface area contributed by atoms with Gasteiger partial charge in [0.1, 0.15) is 15.4 Å². The average molecular weight is 597 g/mol. The monoisotopic (exact) mass is 596 g/mol. The van der Waals surface area contributed by atoms with Gasteiger partial charge in [0, 0.05) is 30.3 Å². The average Bonchev–Trinajstić information content (AvgIpc) is 2.91. The number of nitrogens with one attached hydrogen (secondary N) is 1. The van der Waals surface area contributed by atoms with Gasteiger partial charge in [-0.2, -0.15) is 13.2 Å². The van der Waals surface area contributed by atoms with Gasteiger partial charge in [-0.15, -0.1) is 0 Å². The number of nitrogens with zero attached hydrogens (tertiary/aromatic N) is 3. The predicted molar refractivity (Wildman–Crippen MR) is 142 cm³/mol. The van der Waals surface area contributed by atoms with Crippen LogP contribution in [0.15, 0.2) is 42.6 Å². The van der Waals surface area contributed by atoms with E-state index in [1.54, 1.807) is 12.1 Å². The molecule has 2 fully saturated rings. The molecule has 0 radical (unpaired) electrons. The van der Waals surface area contributed by atoms with Crippen LogP contribution in [-0.4, -0.2) is 74.2 Å². The molecule has 0 spiro atoms. The minimum atomic E-state index is -4.79. The Morgan fingerprint density at radius 2 is 1.80 bits per heavy atom. The topological polar surface area (TPSA) is 111 Å². The fourth-order valence-electron chi connectivity index (χ4n) is 5.22. The van der Waals surface area contributed by atoms with Gasteiger partial charge in [0.05, 0.1) is 49.2 Å². The van der Waals surface area contributed by atoms with Crippen LogP contribution in [-0.2, 0) is 25.0 Å². The van der Waals surface area contributed by atoms with Crippen LogP contribution in [0.1, 0.15) is 30.0 Å². The van der Waals surface area contributed by atoms with Crippen LogP contribution in [0.25, 0.3) is 11.0 Å². The van der Waals surface area contributed by atoms with E-state index in [2.05, 4.69) is 15.3 Å². The molecule has 14 heteroatoms. The summed E-state index contributed by atoms with van der Waals surface area (Å²) >= 11 is 0. The lowest BCUT2D eigenvalue weighted by Gasteiger charge is -2.36. The van der Waals surface area contributed by atoms with Crippen molar-refractivity contribution >= 4 is 38.2 Å². The molecule has 2 saturated heterocycles. The molecule has 4 heterocycles. The molecule has 5 rings (SSSR count). The number of carbonyl (C=O) groups is 1. The Bertz CT molecular complexity index is 1550. The number of hydrogen-bond acceptors (Lipinski definition) is 8. The van der Waals surface area contributed by atoms with E-state index in [-0.39, 0.29) is 65.8 Å². The number of rotatable bonds is 7. The highest BCUT2D eigenvalue weighted by atomic mass is 32.2. The number of aromatic nitrogens is 2. The lowest BCUT2D eigenvalue weighted by Crippen LogP contribution is -2.44. The van der Waals surface area contributed by atoms with Gasteiger partial charge in [-0.05, 0) is 36.6 Å².